The Morgan fingerprint density at radius 2 is 2.17 bits per heavy atom. The highest BCUT2D eigenvalue weighted by Gasteiger charge is 2.42. The Morgan fingerprint density at radius 3 is 2.58 bits per heavy atom. The Balaban J connectivity index is 2.22. The van der Waals surface area contributed by atoms with E-state index in [2.05, 4.69) is 25.3 Å². The molecule has 0 aromatic rings. The third-order valence-electron chi connectivity index (χ3n) is 2.72. The van der Waals surface area contributed by atoms with Gasteiger partial charge in [-0.3, -0.25) is 4.90 Å². The molecule has 70 valence electrons. The van der Waals surface area contributed by atoms with Crippen LogP contribution in [0.25, 0.3) is 0 Å². The molecule has 1 N–H and O–H groups in total. The third kappa shape index (κ3) is 1.87. The van der Waals surface area contributed by atoms with E-state index < -0.39 is 5.60 Å². The molecule has 0 atom stereocenters. The Morgan fingerprint density at radius 1 is 1.58 bits per heavy atom. The van der Waals surface area contributed by atoms with Crippen molar-refractivity contribution in [2.24, 2.45) is 5.92 Å². The summed E-state index contributed by atoms with van der Waals surface area (Å²) in [7, 11) is 0. The second-order valence-corrected chi connectivity index (χ2v) is 4.05. The van der Waals surface area contributed by atoms with Gasteiger partial charge >= 0.3 is 0 Å². The second kappa shape index (κ2) is 3.58. The summed E-state index contributed by atoms with van der Waals surface area (Å²) in [5.41, 5.74) is -0.416. The smallest absolute Gasteiger partial charge is 0.0922 e. The molecule has 12 heavy (non-hydrogen) atoms. The molecule has 1 saturated heterocycles. The summed E-state index contributed by atoms with van der Waals surface area (Å²) in [6.07, 6.45) is 2.95. The summed E-state index contributed by atoms with van der Waals surface area (Å²) in [6, 6.07) is 0. The molecule has 1 rings (SSSR count). The van der Waals surface area contributed by atoms with Crippen molar-refractivity contribution in [3.8, 4) is 0 Å². The van der Waals surface area contributed by atoms with E-state index >= 15 is 0 Å². The minimum Gasteiger partial charge on any atom is -0.387 e. The van der Waals surface area contributed by atoms with E-state index in [0.717, 1.165) is 26.1 Å². The third-order valence-corrected chi connectivity index (χ3v) is 2.72. The molecule has 0 aromatic carbocycles. The van der Waals surface area contributed by atoms with Gasteiger partial charge in [-0.2, -0.15) is 0 Å². The molecule has 0 saturated carbocycles. The van der Waals surface area contributed by atoms with E-state index in [4.69, 9.17) is 0 Å². The topological polar surface area (TPSA) is 23.5 Å². The van der Waals surface area contributed by atoms with Crippen molar-refractivity contribution < 1.29 is 5.11 Å². The highest BCUT2D eigenvalue weighted by molar-refractivity contribution is 4.97. The molecule has 0 radical (unpaired) electrons. The first-order chi connectivity index (χ1) is 5.58. The maximum atomic E-state index is 9.89. The summed E-state index contributed by atoms with van der Waals surface area (Å²) in [5.74, 6) is 0.373. The fourth-order valence-corrected chi connectivity index (χ4v) is 1.53. The van der Waals surface area contributed by atoms with E-state index in [1.54, 1.807) is 0 Å². The van der Waals surface area contributed by atoms with Crippen LogP contribution < -0.4 is 0 Å². The average Bonchev–Trinajstić information content (AvgIpc) is 1.95. The van der Waals surface area contributed by atoms with E-state index in [1.165, 1.54) is 0 Å². The van der Waals surface area contributed by atoms with Crippen LogP contribution in [-0.4, -0.2) is 35.2 Å². The quantitative estimate of drug-likeness (QED) is 0.641. The lowest BCUT2D eigenvalue weighted by molar-refractivity contribution is -0.126. The van der Waals surface area contributed by atoms with Crippen molar-refractivity contribution in [1.29, 1.82) is 0 Å². The molecule has 0 spiro atoms. The van der Waals surface area contributed by atoms with Crippen molar-refractivity contribution in [3.05, 3.63) is 12.7 Å². The predicted molar refractivity (Wildman–Crippen MR) is 51.0 cm³/mol. The number of rotatable bonds is 4. The van der Waals surface area contributed by atoms with Crippen LogP contribution in [-0.2, 0) is 0 Å². The highest BCUT2D eigenvalue weighted by atomic mass is 16.3. The van der Waals surface area contributed by atoms with Crippen molar-refractivity contribution in [2.45, 2.75) is 25.9 Å². The molecule has 0 aliphatic carbocycles. The normalized spacial score (nSPS) is 22.3. The van der Waals surface area contributed by atoms with Gasteiger partial charge in [0, 0.05) is 19.6 Å². The molecule has 1 fully saturated rings. The van der Waals surface area contributed by atoms with Crippen LogP contribution in [0.3, 0.4) is 0 Å². The van der Waals surface area contributed by atoms with E-state index in [0.29, 0.717) is 5.92 Å². The minimum atomic E-state index is -0.416. The Bertz CT molecular complexity index is 159. The van der Waals surface area contributed by atoms with E-state index in [1.807, 2.05) is 6.08 Å². The number of β-amino-alcohol motifs (C(OH)–C–C–N with tert-alkyl or cyclic N) is 1. The molecule has 0 unspecified atom stereocenters. The van der Waals surface area contributed by atoms with Crippen molar-refractivity contribution in [3.63, 3.8) is 0 Å². The number of nitrogens with zero attached hydrogens (tertiary/aromatic N) is 1. The van der Waals surface area contributed by atoms with Gasteiger partial charge in [0.1, 0.15) is 0 Å². The number of aliphatic hydroxyl groups is 1. The van der Waals surface area contributed by atoms with Crippen molar-refractivity contribution in [1.82, 2.24) is 4.90 Å². The Kier molecular flexibility index (Phi) is 2.91. The summed E-state index contributed by atoms with van der Waals surface area (Å²) >= 11 is 0. The van der Waals surface area contributed by atoms with Gasteiger partial charge in [0.15, 0.2) is 0 Å². The largest absolute Gasteiger partial charge is 0.387 e. The van der Waals surface area contributed by atoms with Crippen LogP contribution in [0.2, 0.25) is 0 Å². The van der Waals surface area contributed by atoms with E-state index in [-0.39, 0.29) is 0 Å². The van der Waals surface area contributed by atoms with Gasteiger partial charge in [0.2, 0.25) is 0 Å². The fourth-order valence-electron chi connectivity index (χ4n) is 1.53. The monoisotopic (exact) mass is 169 g/mol. The summed E-state index contributed by atoms with van der Waals surface area (Å²) in [4.78, 5) is 2.27. The van der Waals surface area contributed by atoms with Crippen molar-refractivity contribution in [2.75, 3.05) is 19.6 Å². The molecule has 0 amide bonds. The Hall–Kier alpha value is -0.340. The second-order valence-electron chi connectivity index (χ2n) is 4.05. The van der Waals surface area contributed by atoms with Crippen LogP contribution in [0.1, 0.15) is 20.3 Å². The zero-order chi connectivity index (χ0) is 9.19. The first-order valence-electron chi connectivity index (χ1n) is 4.64. The maximum Gasteiger partial charge on any atom is 0.0922 e. The first kappa shape index (κ1) is 9.75. The maximum absolute atomic E-state index is 9.89. The molecule has 2 heteroatoms. The summed E-state index contributed by atoms with van der Waals surface area (Å²) in [6.45, 7) is 10.5. The summed E-state index contributed by atoms with van der Waals surface area (Å²) in [5, 5.41) is 9.89. The van der Waals surface area contributed by atoms with Crippen LogP contribution in [0.5, 0.6) is 0 Å². The lowest BCUT2D eigenvalue weighted by Crippen LogP contribution is -2.64. The summed E-state index contributed by atoms with van der Waals surface area (Å²) < 4.78 is 0. The van der Waals surface area contributed by atoms with Gasteiger partial charge < -0.3 is 5.11 Å². The van der Waals surface area contributed by atoms with Gasteiger partial charge in [-0.05, 0) is 12.3 Å². The van der Waals surface area contributed by atoms with E-state index in [9.17, 15) is 5.11 Å². The van der Waals surface area contributed by atoms with Gasteiger partial charge in [0.05, 0.1) is 5.60 Å². The van der Waals surface area contributed by atoms with Gasteiger partial charge in [-0.25, -0.2) is 0 Å². The Labute approximate surface area is 74.9 Å². The van der Waals surface area contributed by atoms with Crippen LogP contribution in [0.4, 0.5) is 0 Å². The van der Waals surface area contributed by atoms with Crippen molar-refractivity contribution >= 4 is 0 Å². The van der Waals surface area contributed by atoms with Gasteiger partial charge in [-0.15, -0.1) is 6.58 Å². The van der Waals surface area contributed by atoms with Gasteiger partial charge in [0.25, 0.3) is 0 Å². The molecule has 1 aliphatic rings. The zero-order valence-corrected chi connectivity index (χ0v) is 8.08. The molecule has 1 aliphatic heterocycles. The minimum absolute atomic E-state index is 0.373. The first-order valence-corrected chi connectivity index (χ1v) is 4.64. The lowest BCUT2D eigenvalue weighted by Gasteiger charge is -2.49. The van der Waals surface area contributed by atoms with Crippen LogP contribution in [0.15, 0.2) is 12.7 Å². The molecule has 1 heterocycles. The molecular formula is C10H19NO. The molecule has 0 bridgehead atoms. The molecular weight excluding hydrogens is 150 g/mol. The van der Waals surface area contributed by atoms with Crippen LogP contribution in [0, 0.1) is 5.92 Å². The lowest BCUT2D eigenvalue weighted by atomic mass is 9.83. The number of hydrogen-bond donors (Lipinski definition) is 1. The number of likely N-dealkylation sites (tertiary alicyclic amines) is 1. The number of hydrogen-bond acceptors (Lipinski definition) is 2. The van der Waals surface area contributed by atoms with Gasteiger partial charge in [-0.1, -0.05) is 19.9 Å². The van der Waals surface area contributed by atoms with Crippen LogP contribution >= 0.6 is 0 Å². The SMILES string of the molecule is C=CCCN1CC(O)(C(C)C)C1. The molecule has 2 nitrogen and oxygen atoms in total. The molecule has 0 aromatic heterocycles. The standard InChI is InChI=1S/C10H19NO/c1-4-5-6-11-7-10(12,8-11)9(2)3/h4,9,12H,1,5-8H2,2-3H3. The average molecular weight is 169 g/mol. The zero-order valence-electron chi connectivity index (χ0n) is 8.08. The fraction of sp³-hybridized carbons (Fsp3) is 0.800. The predicted octanol–water partition coefficient (Wildman–Crippen LogP) is 1.27. The highest BCUT2D eigenvalue weighted by Crippen LogP contribution is 2.28.